The van der Waals surface area contributed by atoms with E-state index in [9.17, 15) is 0 Å². The number of aryl methyl sites for hydroxylation is 1. The summed E-state index contributed by atoms with van der Waals surface area (Å²) < 4.78 is 7.77. The Morgan fingerprint density at radius 1 is 1.41 bits per heavy atom. The summed E-state index contributed by atoms with van der Waals surface area (Å²) in [7, 11) is 0. The predicted octanol–water partition coefficient (Wildman–Crippen LogP) is 2.63. The molecule has 1 aliphatic rings. The number of aromatic nitrogens is 2. The fraction of sp³-hybridized carbons (Fsp3) is 0.462. The highest BCUT2D eigenvalue weighted by Crippen LogP contribution is 2.28. The number of nitrogens with two attached hydrogens (primary N) is 1. The third-order valence-electron chi connectivity index (χ3n) is 3.34. The third-order valence-corrected chi connectivity index (χ3v) is 3.34. The summed E-state index contributed by atoms with van der Waals surface area (Å²) in [6, 6.07) is 5.93. The maximum Gasteiger partial charge on any atom is 0.150 e. The average molecular weight is 231 g/mol. The minimum absolute atomic E-state index is 0.0711. The van der Waals surface area contributed by atoms with E-state index in [-0.39, 0.29) is 6.23 Å². The van der Waals surface area contributed by atoms with Crippen molar-refractivity contribution in [3.63, 3.8) is 0 Å². The van der Waals surface area contributed by atoms with Crippen LogP contribution in [0.2, 0.25) is 0 Å². The molecule has 1 saturated heterocycles. The van der Waals surface area contributed by atoms with E-state index in [1.807, 2.05) is 29.8 Å². The summed E-state index contributed by atoms with van der Waals surface area (Å²) in [5.41, 5.74) is 8.74. The van der Waals surface area contributed by atoms with Crippen LogP contribution in [-0.4, -0.2) is 16.4 Å². The van der Waals surface area contributed by atoms with E-state index in [0.717, 1.165) is 41.7 Å². The fourth-order valence-electron chi connectivity index (χ4n) is 2.45. The molecule has 0 aliphatic carbocycles. The Hall–Kier alpha value is -1.55. The normalized spacial score (nSPS) is 20.9. The molecule has 1 atom stereocenters. The van der Waals surface area contributed by atoms with E-state index in [1.54, 1.807) is 0 Å². The molecule has 1 aromatic carbocycles. The van der Waals surface area contributed by atoms with Gasteiger partial charge >= 0.3 is 0 Å². The molecular formula is C13H17N3O. The molecule has 0 bridgehead atoms. The molecule has 90 valence electrons. The first-order valence-corrected chi connectivity index (χ1v) is 6.11. The number of fused-ring (bicyclic) bond motifs is 1. The van der Waals surface area contributed by atoms with Crippen molar-refractivity contribution >= 4 is 16.6 Å². The number of rotatable bonds is 1. The van der Waals surface area contributed by atoms with E-state index in [4.69, 9.17) is 10.5 Å². The van der Waals surface area contributed by atoms with Gasteiger partial charge in [-0.2, -0.15) is 5.10 Å². The summed E-state index contributed by atoms with van der Waals surface area (Å²) in [5, 5.41) is 5.75. The highest BCUT2D eigenvalue weighted by molar-refractivity contribution is 5.84. The van der Waals surface area contributed by atoms with E-state index in [0.29, 0.717) is 0 Å². The van der Waals surface area contributed by atoms with E-state index >= 15 is 0 Å². The number of hydrogen-bond donors (Lipinski definition) is 1. The van der Waals surface area contributed by atoms with Crippen LogP contribution in [0.4, 0.5) is 5.69 Å². The van der Waals surface area contributed by atoms with Crippen molar-refractivity contribution in [1.29, 1.82) is 0 Å². The minimum Gasteiger partial charge on any atom is -0.399 e. The molecule has 4 heteroatoms. The number of hydrogen-bond acceptors (Lipinski definition) is 3. The second kappa shape index (κ2) is 4.04. The molecule has 0 spiro atoms. The number of nitrogen functional groups attached to an aromatic ring is 1. The molecule has 0 amide bonds. The lowest BCUT2D eigenvalue weighted by Gasteiger charge is -2.23. The van der Waals surface area contributed by atoms with Crippen LogP contribution in [0.5, 0.6) is 0 Å². The largest absolute Gasteiger partial charge is 0.399 e. The van der Waals surface area contributed by atoms with Crippen LogP contribution in [0, 0.1) is 6.92 Å². The fourth-order valence-corrected chi connectivity index (χ4v) is 2.45. The van der Waals surface area contributed by atoms with E-state index in [2.05, 4.69) is 5.10 Å². The van der Waals surface area contributed by atoms with Crippen molar-refractivity contribution in [2.45, 2.75) is 32.4 Å². The number of nitrogens with zero attached hydrogens (tertiary/aromatic N) is 2. The van der Waals surface area contributed by atoms with Gasteiger partial charge in [0.25, 0.3) is 0 Å². The number of benzene rings is 1. The van der Waals surface area contributed by atoms with Crippen LogP contribution in [0.3, 0.4) is 0 Å². The Morgan fingerprint density at radius 2 is 2.29 bits per heavy atom. The van der Waals surface area contributed by atoms with Gasteiger partial charge < -0.3 is 10.5 Å². The monoisotopic (exact) mass is 231 g/mol. The molecule has 1 aromatic heterocycles. The highest BCUT2D eigenvalue weighted by Gasteiger charge is 2.19. The van der Waals surface area contributed by atoms with Crippen LogP contribution in [0.25, 0.3) is 10.9 Å². The van der Waals surface area contributed by atoms with E-state index < -0.39 is 0 Å². The molecule has 1 aliphatic heterocycles. The van der Waals surface area contributed by atoms with Gasteiger partial charge in [-0.25, -0.2) is 4.68 Å². The maximum atomic E-state index is 5.85. The van der Waals surface area contributed by atoms with Crippen molar-refractivity contribution in [2.75, 3.05) is 12.3 Å². The lowest BCUT2D eigenvalue weighted by Crippen LogP contribution is -2.19. The van der Waals surface area contributed by atoms with Gasteiger partial charge in [0.15, 0.2) is 6.23 Å². The molecule has 0 radical (unpaired) electrons. The van der Waals surface area contributed by atoms with Gasteiger partial charge in [0, 0.05) is 17.7 Å². The molecule has 2 heterocycles. The number of anilines is 1. The Balaban J connectivity index is 2.11. The third kappa shape index (κ3) is 1.78. The summed E-state index contributed by atoms with van der Waals surface area (Å²) in [6.45, 7) is 2.85. The first kappa shape index (κ1) is 10.6. The van der Waals surface area contributed by atoms with Crippen LogP contribution < -0.4 is 5.73 Å². The lowest BCUT2D eigenvalue weighted by molar-refractivity contribution is -0.0368. The van der Waals surface area contributed by atoms with Crippen molar-refractivity contribution in [2.24, 2.45) is 0 Å². The smallest absolute Gasteiger partial charge is 0.150 e. The van der Waals surface area contributed by atoms with Gasteiger partial charge in [0.05, 0.1) is 11.2 Å². The van der Waals surface area contributed by atoms with E-state index in [1.165, 1.54) is 6.42 Å². The summed E-state index contributed by atoms with van der Waals surface area (Å²) in [5.74, 6) is 0. The second-order valence-electron chi connectivity index (χ2n) is 4.63. The molecule has 2 N–H and O–H groups in total. The minimum atomic E-state index is 0.0711. The van der Waals surface area contributed by atoms with Crippen LogP contribution in [-0.2, 0) is 4.74 Å². The topological polar surface area (TPSA) is 53.1 Å². The Morgan fingerprint density at radius 3 is 3.06 bits per heavy atom. The highest BCUT2D eigenvalue weighted by atomic mass is 16.5. The van der Waals surface area contributed by atoms with Gasteiger partial charge in [0.2, 0.25) is 0 Å². The van der Waals surface area contributed by atoms with Gasteiger partial charge in [-0.05, 0) is 44.4 Å². The van der Waals surface area contributed by atoms with Crippen LogP contribution in [0.1, 0.15) is 31.2 Å². The summed E-state index contributed by atoms with van der Waals surface area (Å²) >= 11 is 0. The van der Waals surface area contributed by atoms with Gasteiger partial charge in [0.1, 0.15) is 0 Å². The number of ether oxygens (including phenoxy) is 1. The Kier molecular flexibility index (Phi) is 2.52. The van der Waals surface area contributed by atoms with Gasteiger partial charge in [-0.3, -0.25) is 0 Å². The molecule has 1 unspecified atom stereocenters. The van der Waals surface area contributed by atoms with Gasteiger partial charge in [-0.1, -0.05) is 0 Å². The van der Waals surface area contributed by atoms with Crippen molar-refractivity contribution in [3.05, 3.63) is 23.9 Å². The molecule has 17 heavy (non-hydrogen) atoms. The standard InChI is InChI=1S/C13H17N3O/c1-9-11-6-5-10(14)8-12(11)16(15-9)13-4-2-3-7-17-13/h5-6,8,13H,2-4,7,14H2,1H3. The summed E-state index contributed by atoms with van der Waals surface area (Å²) in [4.78, 5) is 0. The molecule has 0 saturated carbocycles. The zero-order valence-electron chi connectivity index (χ0n) is 10.0. The SMILES string of the molecule is Cc1nn(C2CCCCO2)c2cc(N)ccc12. The average Bonchev–Trinajstić information content (AvgIpc) is 2.67. The zero-order valence-corrected chi connectivity index (χ0v) is 10.0. The molecule has 2 aromatic rings. The van der Waals surface area contributed by atoms with Gasteiger partial charge in [-0.15, -0.1) is 0 Å². The summed E-state index contributed by atoms with van der Waals surface area (Å²) in [6.07, 6.45) is 3.46. The zero-order chi connectivity index (χ0) is 11.8. The maximum absolute atomic E-state index is 5.85. The quantitative estimate of drug-likeness (QED) is 0.767. The Bertz CT molecular complexity index is 541. The van der Waals surface area contributed by atoms with Crippen LogP contribution in [0.15, 0.2) is 18.2 Å². The second-order valence-corrected chi connectivity index (χ2v) is 4.63. The van der Waals surface area contributed by atoms with Crippen molar-refractivity contribution < 1.29 is 4.74 Å². The molecular weight excluding hydrogens is 214 g/mol. The molecule has 4 nitrogen and oxygen atoms in total. The van der Waals surface area contributed by atoms with Crippen molar-refractivity contribution in [3.8, 4) is 0 Å². The first-order valence-electron chi connectivity index (χ1n) is 6.11. The first-order chi connectivity index (χ1) is 8.25. The predicted molar refractivity (Wildman–Crippen MR) is 67.7 cm³/mol. The van der Waals surface area contributed by atoms with Crippen molar-refractivity contribution in [1.82, 2.24) is 9.78 Å². The Labute approximate surface area is 100 Å². The van der Waals surface area contributed by atoms with Crippen LogP contribution >= 0.6 is 0 Å². The molecule has 3 rings (SSSR count). The molecule has 1 fully saturated rings. The lowest BCUT2D eigenvalue weighted by atomic mass is 10.1.